The predicted molar refractivity (Wildman–Crippen MR) is 70.2 cm³/mol. The molecule has 2 N–H and O–H groups in total. The van der Waals surface area contributed by atoms with Gasteiger partial charge in [0.1, 0.15) is 0 Å². The maximum Gasteiger partial charge on any atom is 0.0644 e. The van der Waals surface area contributed by atoms with Crippen LogP contribution in [-0.2, 0) is 7.05 Å². The first-order valence-corrected chi connectivity index (χ1v) is 5.88. The molecule has 0 radical (unpaired) electrons. The third-order valence-corrected chi connectivity index (χ3v) is 3.35. The van der Waals surface area contributed by atoms with Crippen LogP contribution in [0, 0.1) is 13.8 Å². The molecule has 0 aliphatic rings. The van der Waals surface area contributed by atoms with Crippen molar-refractivity contribution in [3.05, 3.63) is 51.8 Å². The van der Waals surface area contributed by atoms with E-state index in [-0.39, 0.29) is 6.04 Å². The molecule has 0 saturated heterocycles. The molecule has 4 heteroatoms. The second-order valence-corrected chi connectivity index (χ2v) is 4.74. The van der Waals surface area contributed by atoms with Gasteiger partial charge in [0.05, 0.1) is 11.7 Å². The number of hydrogen-bond donors (Lipinski definition) is 1. The third kappa shape index (κ3) is 2.35. The normalized spacial score (nSPS) is 12.8. The van der Waals surface area contributed by atoms with Crippen LogP contribution in [0.3, 0.4) is 0 Å². The second kappa shape index (κ2) is 4.51. The van der Waals surface area contributed by atoms with Gasteiger partial charge in [-0.3, -0.25) is 4.68 Å². The van der Waals surface area contributed by atoms with Gasteiger partial charge in [0.25, 0.3) is 0 Å². The number of nitrogens with two attached hydrogens (primary N) is 1. The highest BCUT2D eigenvalue weighted by molar-refractivity contribution is 6.31. The van der Waals surface area contributed by atoms with E-state index in [1.807, 2.05) is 45.3 Å². The van der Waals surface area contributed by atoms with Crippen molar-refractivity contribution >= 4 is 11.6 Å². The second-order valence-electron chi connectivity index (χ2n) is 4.33. The fourth-order valence-electron chi connectivity index (χ4n) is 1.91. The third-order valence-electron chi connectivity index (χ3n) is 2.94. The van der Waals surface area contributed by atoms with Crippen LogP contribution in [0.4, 0.5) is 0 Å². The number of aromatic nitrogens is 2. The van der Waals surface area contributed by atoms with E-state index in [4.69, 9.17) is 17.3 Å². The standard InChI is InChI=1S/C13H16ClN3/c1-8-4-5-10(6-12(8)14)13(15)11-7-17(3)16-9(11)2/h4-7,13H,15H2,1-3H3. The summed E-state index contributed by atoms with van der Waals surface area (Å²) in [7, 11) is 1.89. The smallest absolute Gasteiger partial charge is 0.0644 e. The quantitative estimate of drug-likeness (QED) is 0.890. The van der Waals surface area contributed by atoms with Gasteiger partial charge in [0, 0.05) is 23.8 Å². The van der Waals surface area contributed by atoms with Crippen LogP contribution in [0.5, 0.6) is 0 Å². The Morgan fingerprint density at radius 1 is 1.35 bits per heavy atom. The fourth-order valence-corrected chi connectivity index (χ4v) is 2.09. The van der Waals surface area contributed by atoms with E-state index in [1.54, 1.807) is 4.68 Å². The van der Waals surface area contributed by atoms with Crippen molar-refractivity contribution in [1.82, 2.24) is 9.78 Å². The lowest BCUT2D eigenvalue weighted by atomic mass is 9.99. The number of nitrogens with zero attached hydrogens (tertiary/aromatic N) is 2. The lowest BCUT2D eigenvalue weighted by molar-refractivity contribution is 0.756. The molecule has 0 bridgehead atoms. The van der Waals surface area contributed by atoms with Gasteiger partial charge < -0.3 is 5.73 Å². The molecule has 1 unspecified atom stereocenters. The van der Waals surface area contributed by atoms with Crippen LogP contribution in [-0.4, -0.2) is 9.78 Å². The molecular formula is C13H16ClN3. The number of rotatable bonds is 2. The Morgan fingerprint density at radius 3 is 2.59 bits per heavy atom. The van der Waals surface area contributed by atoms with Gasteiger partial charge in [-0.05, 0) is 31.0 Å². The number of benzene rings is 1. The molecule has 0 saturated carbocycles. The molecule has 1 aromatic heterocycles. The molecule has 1 atom stereocenters. The first-order valence-electron chi connectivity index (χ1n) is 5.51. The van der Waals surface area contributed by atoms with Crippen molar-refractivity contribution in [3.8, 4) is 0 Å². The summed E-state index contributed by atoms with van der Waals surface area (Å²) in [6.45, 7) is 3.94. The molecule has 2 rings (SSSR count). The zero-order valence-corrected chi connectivity index (χ0v) is 11.0. The molecule has 0 spiro atoms. The minimum atomic E-state index is -0.179. The molecule has 3 nitrogen and oxygen atoms in total. The Labute approximate surface area is 106 Å². The van der Waals surface area contributed by atoms with Crippen LogP contribution in [0.15, 0.2) is 24.4 Å². The topological polar surface area (TPSA) is 43.8 Å². The predicted octanol–water partition coefficient (Wildman–Crippen LogP) is 2.74. The van der Waals surface area contributed by atoms with Crippen molar-refractivity contribution < 1.29 is 0 Å². The lowest BCUT2D eigenvalue weighted by Gasteiger charge is -2.12. The number of hydrogen-bond acceptors (Lipinski definition) is 2. The minimum absolute atomic E-state index is 0.179. The van der Waals surface area contributed by atoms with Crippen molar-refractivity contribution in [2.75, 3.05) is 0 Å². The maximum atomic E-state index is 6.24. The monoisotopic (exact) mass is 249 g/mol. The Morgan fingerprint density at radius 2 is 2.06 bits per heavy atom. The summed E-state index contributed by atoms with van der Waals surface area (Å²) >= 11 is 6.11. The molecule has 0 fully saturated rings. The minimum Gasteiger partial charge on any atom is -0.320 e. The summed E-state index contributed by atoms with van der Waals surface area (Å²) in [5.74, 6) is 0. The van der Waals surface area contributed by atoms with E-state index < -0.39 is 0 Å². The molecule has 2 aromatic rings. The van der Waals surface area contributed by atoms with E-state index in [9.17, 15) is 0 Å². The Kier molecular flexibility index (Phi) is 3.22. The van der Waals surface area contributed by atoms with E-state index in [2.05, 4.69) is 5.10 Å². The van der Waals surface area contributed by atoms with E-state index >= 15 is 0 Å². The van der Waals surface area contributed by atoms with E-state index in [1.165, 1.54) is 0 Å². The van der Waals surface area contributed by atoms with Gasteiger partial charge in [-0.2, -0.15) is 5.10 Å². The van der Waals surface area contributed by atoms with Crippen LogP contribution >= 0.6 is 11.6 Å². The Balaban J connectivity index is 2.40. The van der Waals surface area contributed by atoms with Gasteiger partial charge in [0.2, 0.25) is 0 Å². The van der Waals surface area contributed by atoms with Crippen LogP contribution in [0.25, 0.3) is 0 Å². The highest BCUT2D eigenvalue weighted by atomic mass is 35.5. The summed E-state index contributed by atoms with van der Waals surface area (Å²) < 4.78 is 1.78. The summed E-state index contributed by atoms with van der Waals surface area (Å²) in [6.07, 6.45) is 1.95. The summed E-state index contributed by atoms with van der Waals surface area (Å²) in [5, 5.41) is 5.05. The highest BCUT2D eigenvalue weighted by Gasteiger charge is 2.14. The first-order chi connectivity index (χ1) is 7.99. The van der Waals surface area contributed by atoms with Crippen molar-refractivity contribution in [1.29, 1.82) is 0 Å². The molecule has 1 aromatic carbocycles. The average molecular weight is 250 g/mol. The van der Waals surface area contributed by atoms with Gasteiger partial charge in [-0.1, -0.05) is 23.7 Å². The van der Waals surface area contributed by atoms with Crippen molar-refractivity contribution in [3.63, 3.8) is 0 Å². The van der Waals surface area contributed by atoms with E-state index in [0.29, 0.717) is 0 Å². The zero-order chi connectivity index (χ0) is 12.6. The first kappa shape index (κ1) is 12.1. The molecule has 0 aliphatic carbocycles. The lowest BCUT2D eigenvalue weighted by Crippen LogP contribution is -2.12. The van der Waals surface area contributed by atoms with Gasteiger partial charge in [0.15, 0.2) is 0 Å². The van der Waals surface area contributed by atoms with Gasteiger partial charge >= 0.3 is 0 Å². The van der Waals surface area contributed by atoms with Gasteiger partial charge in [-0.15, -0.1) is 0 Å². The Hall–Kier alpha value is -1.32. The summed E-state index contributed by atoms with van der Waals surface area (Å²) in [4.78, 5) is 0. The van der Waals surface area contributed by atoms with Crippen molar-refractivity contribution in [2.24, 2.45) is 12.8 Å². The van der Waals surface area contributed by atoms with E-state index in [0.717, 1.165) is 27.4 Å². The fraction of sp³-hybridized carbons (Fsp3) is 0.308. The molecule has 17 heavy (non-hydrogen) atoms. The SMILES string of the molecule is Cc1ccc(C(N)c2cn(C)nc2C)cc1Cl. The molecular weight excluding hydrogens is 234 g/mol. The number of halogens is 1. The average Bonchev–Trinajstić information content (AvgIpc) is 2.61. The highest BCUT2D eigenvalue weighted by Crippen LogP contribution is 2.25. The number of aryl methyl sites for hydroxylation is 3. The van der Waals surface area contributed by atoms with Gasteiger partial charge in [-0.25, -0.2) is 0 Å². The molecule has 0 amide bonds. The van der Waals surface area contributed by atoms with Crippen LogP contribution < -0.4 is 5.73 Å². The molecule has 0 aliphatic heterocycles. The van der Waals surface area contributed by atoms with Crippen LogP contribution in [0.2, 0.25) is 5.02 Å². The van der Waals surface area contributed by atoms with Crippen molar-refractivity contribution in [2.45, 2.75) is 19.9 Å². The summed E-state index contributed by atoms with van der Waals surface area (Å²) in [5.41, 5.74) is 10.3. The molecule has 90 valence electrons. The zero-order valence-electron chi connectivity index (χ0n) is 10.2. The maximum absolute atomic E-state index is 6.24. The molecule has 1 heterocycles. The Bertz CT molecular complexity index is 546. The van der Waals surface area contributed by atoms with Crippen LogP contribution in [0.1, 0.15) is 28.4 Å². The summed E-state index contributed by atoms with van der Waals surface area (Å²) in [6, 6.07) is 5.75. The largest absolute Gasteiger partial charge is 0.320 e.